The Bertz CT molecular complexity index is 337. The molecule has 6 heteroatoms. The van der Waals surface area contributed by atoms with Gasteiger partial charge in [0.15, 0.2) is 0 Å². The molecule has 0 radical (unpaired) electrons. The maximum absolute atomic E-state index is 12.5. The van der Waals surface area contributed by atoms with Crippen LogP contribution in [0.5, 0.6) is 0 Å². The molecule has 2 aliphatic rings. The molecule has 102 valence electrons. The zero-order valence-corrected chi connectivity index (χ0v) is 11.8. The standard InChI is InChI=1S/C12H21N3O2S/c1-3-11(16)15-8-18-7-10(15)12(17)14-5-4-13-6-9(14)2/h9-10,13H,3-8H2,1-2H3/t9-,10?/m1/s1. The fourth-order valence-electron chi connectivity index (χ4n) is 2.46. The first-order chi connectivity index (χ1) is 8.65. The second kappa shape index (κ2) is 5.93. The number of hydrogen-bond acceptors (Lipinski definition) is 4. The summed E-state index contributed by atoms with van der Waals surface area (Å²) in [6.45, 7) is 6.33. The lowest BCUT2D eigenvalue weighted by Crippen LogP contribution is -2.57. The molecule has 0 aliphatic carbocycles. The van der Waals surface area contributed by atoms with Crippen molar-refractivity contribution in [3.05, 3.63) is 0 Å². The van der Waals surface area contributed by atoms with Gasteiger partial charge in [-0.05, 0) is 6.92 Å². The summed E-state index contributed by atoms with van der Waals surface area (Å²) in [4.78, 5) is 28.0. The van der Waals surface area contributed by atoms with Crippen LogP contribution in [0.15, 0.2) is 0 Å². The van der Waals surface area contributed by atoms with Gasteiger partial charge in [-0.25, -0.2) is 0 Å². The van der Waals surface area contributed by atoms with Gasteiger partial charge < -0.3 is 15.1 Å². The first-order valence-electron chi connectivity index (χ1n) is 6.53. The van der Waals surface area contributed by atoms with Gasteiger partial charge in [0.1, 0.15) is 6.04 Å². The van der Waals surface area contributed by atoms with E-state index in [1.165, 1.54) is 0 Å². The average molecular weight is 271 g/mol. The molecular formula is C12H21N3O2S. The molecule has 5 nitrogen and oxygen atoms in total. The highest BCUT2D eigenvalue weighted by atomic mass is 32.2. The summed E-state index contributed by atoms with van der Waals surface area (Å²) in [6.07, 6.45) is 0.474. The molecule has 1 unspecified atom stereocenters. The van der Waals surface area contributed by atoms with Crippen molar-refractivity contribution >= 4 is 23.6 Å². The zero-order valence-electron chi connectivity index (χ0n) is 11.0. The van der Waals surface area contributed by atoms with Crippen molar-refractivity contribution in [2.24, 2.45) is 0 Å². The van der Waals surface area contributed by atoms with Crippen LogP contribution in [0.2, 0.25) is 0 Å². The van der Waals surface area contributed by atoms with E-state index >= 15 is 0 Å². The molecule has 0 aromatic heterocycles. The van der Waals surface area contributed by atoms with Gasteiger partial charge in [-0.15, -0.1) is 11.8 Å². The third-order valence-electron chi connectivity index (χ3n) is 3.57. The van der Waals surface area contributed by atoms with Crippen molar-refractivity contribution in [3.63, 3.8) is 0 Å². The Kier molecular flexibility index (Phi) is 4.50. The SMILES string of the molecule is CCC(=O)N1CSCC1C(=O)N1CCNC[C@H]1C. The Morgan fingerprint density at radius 2 is 2.17 bits per heavy atom. The van der Waals surface area contributed by atoms with Crippen molar-refractivity contribution in [2.45, 2.75) is 32.4 Å². The zero-order chi connectivity index (χ0) is 13.1. The van der Waals surface area contributed by atoms with Gasteiger partial charge in [-0.1, -0.05) is 6.92 Å². The molecule has 0 saturated carbocycles. The fourth-order valence-corrected chi connectivity index (χ4v) is 3.63. The Labute approximate surface area is 112 Å². The van der Waals surface area contributed by atoms with E-state index in [4.69, 9.17) is 0 Å². The second-order valence-corrected chi connectivity index (χ2v) is 5.82. The number of carbonyl (C=O) groups excluding carboxylic acids is 2. The summed E-state index contributed by atoms with van der Waals surface area (Å²) in [5.74, 6) is 1.60. The summed E-state index contributed by atoms with van der Waals surface area (Å²) in [6, 6.07) is -0.0292. The molecule has 0 aromatic rings. The molecule has 1 N–H and O–H groups in total. The van der Waals surface area contributed by atoms with E-state index in [2.05, 4.69) is 12.2 Å². The lowest BCUT2D eigenvalue weighted by molar-refractivity contribution is -0.145. The van der Waals surface area contributed by atoms with E-state index in [1.807, 2.05) is 11.8 Å². The number of amides is 2. The van der Waals surface area contributed by atoms with Crippen LogP contribution in [-0.2, 0) is 9.59 Å². The molecule has 2 aliphatic heterocycles. The van der Waals surface area contributed by atoms with Crippen molar-refractivity contribution in [3.8, 4) is 0 Å². The average Bonchev–Trinajstić information content (AvgIpc) is 2.86. The largest absolute Gasteiger partial charge is 0.336 e. The van der Waals surface area contributed by atoms with Crippen LogP contribution in [0.3, 0.4) is 0 Å². The van der Waals surface area contributed by atoms with Crippen LogP contribution < -0.4 is 5.32 Å². The normalized spacial score (nSPS) is 28.6. The van der Waals surface area contributed by atoms with Gasteiger partial charge in [-0.2, -0.15) is 0 Å². The molecule has 0 aromatic carbocycles. The highest BCUT2D eigenvalue weighted by Crippen LogP contribution is 2.24. The maximum Gasteiger partial charge on any atom is 0.246 e. The molecule has 2 heterocycles. The van der Waals surface area contributed by atoms with Gasteiger partial charge in [0.05, 0.1) is 5.88 Å². The number of piperazine rings is 1. The first kappa shape index (κ1) is 13.7. The quantitative estimate of drug-likeness (QED) is 0.775. The predicted molar refractivity (Wildman–Crippen MR) is 72.3 cm³/mol. The van der Waals surface area contributed by atoms with Gasteiger partial charge in [0, 0.05) is 37.8 Å². The fraction of sp³-hybridized carbons (Fsp3) is 0.833. The maximum atomic E-state index is 12.5. The van der Waals surface area contributed by atoms with Crippen molar-refractivity contribution < 1.29 is 9.59 Å². The predicted octanol–water partition coefficient (Wildman–Crippen LogP) is 0.118. The van der Waals surface area contributed by atoms with E-state index < -0.39 is 0 Å². The molecule has 2 rings (SSSR count). The Morgan fingerprint density at radius 1 is 1.39 bits per heavy atom. The lowest BCUT2D eigenvalue weighted by Gasteiger charge is -2.37. The van der Waals surface area contributed by atoms with Crippen LogP contribution in [0, 0.1) is 0 Å². The van der Waals surface area contributed by atoms with Crippen molar-refractivity contribution in [1.82, 2.24) is 15.1 Å². The third kappa shape index (κ3) is 2.64. The van der Waals surface area contributed by atoms with Crippen molar-refractivity contribution in [1.29, 1.82) is 0 Å². The number of hydrogen-bond donors (Lipinski definition) is 1. The Morgan fingerprint density at radius 3 is 2.83 bits per heavy atom. The van der Waals surface area contributed by atoms with Crippen LogP contribution in [0.1, 0.15) is 20.3 Å². The summed E-state index contributed by atoms with van der Waals surface area (Å²) in [7, 11) is 0. The molecule has 18 heavy (non-hydrogen) atoms. The van der Waals surface area contributed by atoms with Crippen LogP contribution in [-0.4, -0.2) is 65.0 Å². The number of nitrogens with zero attached hydrogens (tertiary/aromatic N) is 2. The van der Waals surface area contributed by atoms with Crippen LogP contribution in [0.25, 0.3) is 0 Å². The molecular weight excluding hydrogens is 250 g/mol. The minimum Gasteiger partial charge on any atom is -0.336 e. The summed E-state index contributed by atoms with van der Waals surface area (Å²) in [5, 5.41) is 3.28. The highest BCUT2D eigenvalue weighted by molar-refractivity contribution is 7.99. The van der Waals surface area contributed by atoms with E-state index in [0.29, 0.717) is 12.3 Å². The Hall–Kier alpha value is -0.750. The second-order valence-electron chi connectivity index (χ2n) is 4.82. The van der Waals surface area contributed by atoms with Crippen LogP contribution >= 0.6 is 11.8 Å². The monoisotopic (exact) mass is 271 g/mol. The molecule has 2 atom stereocenters. The van der Waals surface area contributed by atoms with E-state index in [0.717, 1.165) is 25.4 Å². The van der Waals surface area contributed by atoms with Gasteiger partial charge >= 0.3 is 0 Å². The Balaban J connectivity index is 2.05. The van der Waals surface area contributed by atoms with Crippen LogP contribution in [0.4, 0.5) is 0 Å². The number of carbonyl (C=O) groups is 2. The molecule has 0 spiro atoms. The molecule has 2 fully saturated rings. The van der Waals surface area contributed by atoms with E-state index in [-0.39, 0.29) is 23.9 Å². The molecule has 0 bridgehead atoms. The molecule has 2 saturated heterocycles. The minimum atomic E-state index is -0.247. The minimum absolute atomic E-state index is 0.0844. The third-order valence-corrected chi connectivity index (χ3v) is 4.59. The van der Waals surface area contributed by atoms with Gasteiger partial charge in [0.2, 0.25) is 11.8 Å². The number of rotatable bonds is 2. The van der Waals surface area contributed by atoms with E-state index in [9.17, 15) is 9.59 Å². The smallest absolute Gasteiger partial charge is 0.246 e. The summed E-state index contributed by atoms with van der Waals surface area (Å²) < 4.78 is 0. The number of nitrogens with one attached hydrogen (secondary N) is 1. The number of thioether (sulfide) groups is 1. The van der Waals surface area contributed by atoms with Crippen molar-refractivity contribution in [2.75, 3.05) is 31.3 Å². The highest BCUT2D eigenvalue weighted by Gasteiger charge is 2.38. The van der Waals surface area contributed by atoms with E-state index in [1.54, 1.807) is 16.7 Å². The lowest BCUT2D eigenvalue weighted by atomic mass is 10.1. The topological polar surface area (TPSA) is 52.7 Å². The summed E-state index contributed by atoms with van der Waals surface area (Å²) in [5.41, 5.74) is 0. The van der Waals surface area contributed by atoms with Gasteiger partial charge in [0.25, 0.3) is 0 Å². The molecule has 2 amide bonds. The first-order valence-corrected chi connectivity index (χ1v) is 7.69. The summed E-state index contributed by atoms with van der Waals surface area (Å²) >= 11 is 1.67. The van der Waals surface area contributed by atoms with Gasteiger partial charge in [-0.3, -0.25) is 9.59 Å².